The smallest absolute Gasteiger partial charge is 0.411 e. The summed E-state index contributed by atoms with van der Waals surface area (Å²) in [5, 5.41) is 12.5. The van der Waals surface area contributed by atoms with E-state index in [0.29, 0.717) is 29.8 Å². The van der Waals surface area contributed by atoms with Gasteiger partial charge in [0.05, 0.1) is 17.9 Å². The van der Waals surface area contributed by atoms with Crippen LogP contribution in [0.15, 0.2) is 18.2 Å². The van der Waals surface area contributed by atoms with Crippen LogP contribution in [0.25, 0.3) is 0 Å². The monoisotopic (exact) mass is 468 g/mol. The Kier molecular flexibility index (Phi) is 10.1. The third kappa shape index (κ3) is 7.65. The number of piperidine rings is 1. The molecule has 0 bridgehead atoms. The van der Waals surface area contributed by atoms with Crippen LogP contribution in [0.5, 0.6) is 0 Å². The molecule has 0 radical (unpaired) electrons. The van der Waals surface area contributed by atoms with Gasteiger partial charge >= 0.3 is 6.09 Å². The van der Waals surface area contributed by atoms with E-state index in [9.17, 15) is 14.9 Å². The molecule has 1 unspecified atom stereocenters. The molecule has 1 aliphatic heterocycles. The number of amides is 2. The molecule has 2 amide bonds. The lowest BCUT2D eigenvalue weighted by atomic mass is 9.91. The number of hydrogen-bond acceptors (Lipinski definition) is 5. The minimum Gasteiger partial charge on any atom is -0.449 e. The van der Waals surface area contributed by atoms with Crippen molar-refractivity contribution in [3.8, 4) is 6.07 Å². The van der Waals surface area contributed by atoms with Gasteiger partial charge in [-0.25, -0.2) is 4.79 Å². The Morgan fingerprint density at radius 2 is 2.06 bits per heavy atom. The van der Waals surface area contributed by atoms with E-state index in [4.69, 9.17) is 4.74 Å². The van der Waals surface area contributed by atoms with Gasteiger partial charge in [0.2, 0.25) is 6.41 Å². The van der Waals surface area contributed by atoms with Gasteiger partial charge in [-0.3, -0.25) is 10.1 Å². The molecule has 34 heavy (non-hydrogen) atoms. The van der Waals surface area contributed by atoms with Crippen molar-refractivity contribution in [3.05, 3.63) is 23.8 Å². The average Bonchev–Trinajstić information content (AvgIpc) is 2.86. The lowest BCUT2D eigenvalue weighted by Gasteiger charge is -2.36. The van der Waals surface area contributed by atoms with E-state index >= 15 is 0 Å². The highest BCUT2D eigenvalue weighted by atomic mass is 16.5. The predicted molar refractivity (Wildman–Crippen MR) is 135 cm³/mol. The van der Waals surface area contributed by atoms with Crippen LogP contribution in [0, 0.1) is 23.2 Å². The lowest BCUT2D eigenvalue weighted by Crippen LogP contribution is -2.38. The number of anilines is 2. The highest BCUT2D eigenvalue weighted by Gasteiger charge is 2.24. The third-order valence-electron chi connectivity index (χ3n) is 6.98. The highest BCUT2D eigenvalue weighted by Crippen LogP contribution is 2.30. The van der Waals surface area contributed by atoms with Gasteiger partial charge in [-0.2, -0.15) is 5.26 Å². The minimum atomic E-state index is -0.499. The normalized spacial score (nSPS) is 18.9. The van der Waals surface area contributed by atoms with Gasteiger partial charge in [0.25, 0.3) is 0 Å². The maximum atomic E-state index is 12.0. The summed E-state index contributed by atoms with van der Waals surface area (Å²) in [7, 11) is 0. The van der Waals surface area contributed by atoms with E-state index < -0.39 is 6.09 Å². The van der Waals surface area contributed by atoms with Crippen molar-refractivity contribution in [2.45, 2.75) is 77.7 Å². The fourth-order valence-corrected chi connectivity index (χ4v) is 5.19. The molecule has 0 aromatic heterocycles. The van der Waals surface area contributed by atoms with Gasteiger partial charge < -0.3 is 14.5 Å². The highest BCUT2D eigenvalue weighted by molar-refractivity contribution is 5.85. The van der Waals surface area contributed by atoms with Crippen LogP contribution in [-0.2, 0) is 9.53 Å². The van der Waals surface area contributed by atoms with Crippen LogP contribution in [0.3, 0.4) is 0 Å². The van der Waals surface area contributed by atoms with Gasteiger partial charge in [0.1, 0.15) is 6.07 Å². The fourth-order valence-electron chi connectivity index (χ4n) is 5.19. The summed E-state index contributed by atoms with van der Waals surface area (Å²) < 4.78 is 5.17. The summed E-state index contributed by atoms with van der Waals surface area (Å²) >= 11 is 0. The molecule has 1 saturated carbocycles. The zero-order chi connectivity index (χ0) is 24.3. The number of carbonyl (C=O) groups is 2. The molecule has 7 nitrogen and oxygen atoms in total. The second kappa shape index (κ2) is 13.2. The van der Waals surface area contributed by atoms with Crippen LogP contribution in [0.1, 0.15) is 77.2 Å². The Hall–Kier alpha value is -2.75. The second-order valence-corrected chi connectivity index (χ2v) is 10.2. The van der Waals surface area contributed by atoms with Crippen molar-refractivity contribution in [1.82, 2.24) is 4.90 Å². The first kappa shape index (κ1) is 25.9. The van der Waals surface area contributed by atoms with E-state index in [1.165, 1.54) is 25.7 Å². The van der Waals surface area contributed by atoms with Crippen molar-refractivity contribution in [1.29, 1.82) is 5.26 Å². The summed E-state index contributed by atoms with van der Waals surface area (Å²) in [5.41, 5.74) is 2.05. The molecule has 1 aromatic carbocycles. The summed E-state index contributed by atoms with van der Waals surface area (Å²) in [6, 6.07) is 8.21. The molecule has 1 saturated heterocycles. The zero-order valence-corrected chi connectivity index (χ0v) is 20.8. The number of carbonyl (C=O) groups excluding carboxylic acids is 2. The van der Waals surface area contributed by atoms with E-state index in [0.717, 1.165) is 63.8 Å². The van der Waals surface area contributed by atoms with E-state index in [2.05, 4.69) is 16.3 Å². The fraction of sp³-hybridized carbons (Fsp3) is 0.667. The van der Waals surface area contributed by atoms with E-state index in [-0.39, 0.29) is 5.92 Å². The summed E-state index contributed by atoms with van der Waals surface area (Å²) in [6.45, 7) is 7.02. The average molecular weight is 469 g/mol. The largest absolute Gasteiger partial charge is 0.449 e. The van der Waals surface area contributed by atoms with Crippen LogP contribution in [0.4, 0.5) is 16.2 Å². The first-order valence-electron chi connectivity index (χ1n) is 12.9. The molecular formula is C27H40N4O3. The van der Waals surface area contributed by atoms with E-state index in [1.807, 2.05) is 30.9 Å². The van der Waals surface area contributed by atoms with Crippen LogP contribution < -0.4 is 10.2 Å². The zero-order valence-electron chi connectivity index (χ0n) is 20.8. The van der Waals surface area contributed by atoms with Crippen LogP contribution >= 0.6 is 0 Å². The maximum absolute atomic E-state index is 12.0. The predicted octanol–water partition coefficient (Wildman–Crippen LogP) is 5.55. The molecule has 2 aliphatic rings. The molecule has 3 rings (SSSR count). The van der Waals surface area contributed by atoms with E-state index in [1.54, 1.807) is 6.07 Å². The van der Waals surface area contributed by atoms with Crippen LogP contribution in [-0.4, -0.2) is 49.7 Å². The standard InChI is InChI=1S/C27H40N4O3/c1-21(2)19-34-27(33)29-24-12-13-26(23(16-24)17-28)30-14-6-8-22(18-30)9-7-15-31(20-32)25-10-4-3-5-11-25/h12-13,16,20-22,25H,3-11,14-15,18-19H2,1-2H3,(H,29,33). The Labute approximate surface area is 204 Å². The van der Waals surface area contributed by atoms with Gasteiger partial charge in [0.15, 0.2) is 0 Å². The SMILES string of the molecule is CC(C)COC(=O)Nc1ccc(N2CCCC(CCCN(C=O)C3CCCCC3)C2)c(C#N)c1. The summed E-state index contributed by atoms with van der Waals surface area (Å²) in [6.07, 6.45) is 11.0. The van der Waals surface area contributed by atoms with Crippen molar-refractivity contribution in [3.63, 3.8) is 0 Å². The Balaban J connectivity index is 1.52. The Morgan fingerprint density at radius 1 is 1.26 bits per heavy atom. The number of ether oxygens (including phenoxy) is 1. The minimum absolute atomic E-state index is 0.267. The second-order valence-electron chi connectivity index (χ2n) is 10.2. The number of rotatable bonds is 10. The third-order valence-corrected chi connectivity index (χ3v) is 6.98. The molecule has 1 aliphatic carbocycles. The van der Waals surface area contributed by atoms with Crippen molar-refractivity contribution >= 4 is 23.9 Å². The number of nitrogens with zero attached hydrogens (tertiary/aromatic N) is 3. The topological polar surface area (TPSA) is 85.7 Å². The van der Waals surface area contributed by atoms with Gasteiger partial charge in [0, 0.05) is 31.4 Å². The molecule has 1 atom stereocenters. The van der Waals surface area contributed by atoms with Gasteiger partial charge in [-0.15, -0.1) is 0 Å². The summed E-state index contributed by atoms with van der Waals surface area (Å²) in [5.74, 6) is 0.826. The molecule has 0 spiro atoms. The van der Waals surface area contributed by atoms with Crippen molar-refractivity contribution < 1.29 is 14.3 Å². The Morgan fingerprint density at radius 3 is 2.76 bits per heavy atom. The quantitative estimate of drug-likeness (QED) is 0.455. The molecular weight excluding hydrogens is 428 g/mol. The number of nitrogens with one attached hydrogen (secondary N) is 1. The molecule has 1 aromatic rings. The lowest BCUT2D eigenvalue weighted by molar-refractivity contribution is -0.120. The van der Waals surface area contributed by atoms with Gasteiger partial charge in [-0.1, -0.05) is 33.1 Å². The number of benzene rings is 1. The van der Waals surface area contributed by atoms with Crippen LogP contribution in [0.2, 0.25) is 0 Å². The van der Waals surface area contributed by atoms with Crippen molar-refractivity contribution in [2.24, 2.45) is 11.8 Å². The summed E-state index contributed by atoms with van der Waals surface area (Å²) in [4.78, 5) is 27.9. The number of nitriles is 1. The maximum Gasteiger partial charge on any atom is 0.411 e. The first-order valence-corrected chi connectivity index (χ1v) is 12.9. The number of hydrogen-bond donors (Lipinski definition) is 1. The molecule has 7 heteroatoms. The first-order chi connectivity index (χ1) is 16.5. The van der Waals surface area contributed by atoms with Gasteiger partial charge in [-0.05, 0) is 68.6 Å². The molecule has 2 fully saturated rings. The molecule has 186 valence electrons. The molecule has 1 heterocycles. The Bertz CT molecular complexity index is 845. The van der Waals surface area contributed by atoms with Crippen molar-refractivity contribution in [2.75, 3.05) is 36.5 Å². The molecule has 1 N–H and O–H groups in total.